The lowest BCUT2D eigenvalue weighted by Crippen LogP contribution is -2.36. The standard InChI is InChI=1S/C25H23Cl2NO4/c1-13-22(25(30)32-3)23(15-6-9-18(26)19(27)10-15)24-20(28-13)11-16(12-21(24)29)14-4-7-17(31-2)8-5-14/h4-10,16,23,28H,11-12H2,1-3H3/t16-,23-/m1/s1. The zero-order chi connectivity index (χ0) is 23.0. The Morgan fingerprint density at radius 3 is 2.31 bits per heavy atom. The number of dihydropyridines is 1. The molecule has 0 bridgehead atoms. The van der Waals surface area contributed by atoms with Crippen molar-refractivity contribution in [3.8, 4) is 5.75 Å². The molecule has 0 unspecified atom stereocenters. The van der Waals surface area contributed by atoms with Gasteiger partial charge in [-0.1, -0.05) is 41.4 Å². The van der Waals surface area contributed by atoms with E-state index in [-0.39, 0.29) is 11.7 Å². The number of esters is 1. The largest absolute Gasteiger partial charge is 0.497 e. The van der Waals surface area contributed by atoms with Crippen molar-refractivity contribution in [2.45, 2.75) is 31.6 Å². The Kier molecular flexibility index (Phi) is 6.31. The maximum absolute atomic E-state index is 13.5. The molecular weight excluding hydrogens is 449 g/mol. The maximum Gasteiger partial charge on any atom is 0.336 e. The summed E-state index contributed by atoms with van der Waals surface area (Å²) in [7, 11) is 2.96. The molecule has 2 aromatic rings. The Morgan fingerprint density at radius 2 is 1.69 bits per heavy atom. The van der Waals surface area contributed by atoms with Crippen LogP contribution in [0.1, 0.15) is 42.7 Å². The van der Waals surface area contributed by atoms with Crippen LogP contribution in [-0.4, -0.2) is 26.0 Å². The van der Waals surface area contributed by atoms with Gasteiger partial charge in [-0.25, -0.2) is 4.79 Å². The molecule has 0 saturated heterocycles. The Hall–Kier alpha value is -2.76. The molecule has 0 aromatic heterocycles. The summed E-state index contributed by atoms with van der Waals surface area (Å²) in [6.07, 6.45) is 0.995. The quantitative estimate of drug-likeness (QED) is 0.593. The van der Waals surface area contributed by atoms with E-state index in [4.69, 9.17) is 32.7 Å². The molecule has 0 amide bonds. The SMILES string of the molecule is COC(=O)C1=C(C)NC2=C(C(=O)C[C@H](c3ccc(OC)cc3)C2)[C@@H]1c1ccc(Cl)c(Cl)c1. The lowest BCUT2D eigenvalue weighted by Gasteiger charge is -2.36. The van der Waals surface area contributed by atoms with Gasteiger partial charge in [-0.2, -0.15) is 0 Å². The number of hydrogen-bond donors (Lipinski definition) is 1. The molecule has 1 N–H and O–H groups in total. The Bertz CT molecular complexity index is 1150. The minimum atomic E-state index is -0.571. The summed E-state index contributed by atoms with van der Waals surface area (Å²) in [5.41, 5.74) is 4.27. The van der Waals surface area contributed by atoms with E-state index in [0.717, 1.165) is 22.6 Å². The van der Waals surface area contributed by atoms with Gasteiger partial charge in [0.15, 0.2) is 5.78 Å². The molecule has 0 fully saturated rings. The number of ether oxygens (including phenoxy) is 2. The second-order valence-electron chi connectivity index (χ2n) is 7.96. The minimum Gasteiger partial charge on any atom is -0.497 e. The van der Waals surface area contributed by atoms with Crippen LogP contribution < -0.4 is 10.1 Å². The number of ketones is 1. The Morgan fingerprint density at radius 1 is 1.00 bits per heavy atom. The molecule has 1 heterocycles. The normalized spacial score (nSPS) is 20.6. The summed E-state index contributed by atoms with van der Waals surface area (Å²) in [6.45, 7) is 1.82. The molecule has 2 atom stereocenters. The summed E-state index contributed by atoms with van der Waals surface area (Å²) < 4.78 is 10.3. The third kappa shape index (κ3) is 4.03. The number of allylic oxidation sites excluding steroid dienone is 3. The van der Waals surface area contributed by atoms with Gasteiger partial charge < -0.3 is 14.8 Å². The van der Waals surface area contributed by atoms with Crippen LogP contribution in [0, 0.1) is 0 Å². The fourth-order valence-electron chi connectivity index (χ4n) is 4.56. The van der Waals surface area contributed by atoms with E-state index < -0.39 is 11.9 Å². The molecule has 4 rings (SSSR count). The zero-order valence-electron chi connectivity index (χ0n) is 18.0. The first-order chi connectivity index (χ1) is 15.3. The van der Waals surface area contributed by atoms with E-state index in [1.54, 1.807) is 25.3 Å². The molecule has 2 aliphatic rings. The van der Waals surface area contributed by atoms with Gasteiger partial charge in [-0.15, -0.1) is 0 Å². The van der Waals surface area contributed by atoms with Gasteiger partial charge in [-0.3, -0.25) is 4.79 Å². The van der Waals surface area contributed by atoms with Crippen LogP contribution in [0.2, 0.25) is 10.0 Å². The molecule has 1 aliphatic heterocycles. The number of methoxy groups -OCH3 is 2. The molecule has 0 saturated carbocycles. The van der Waals surface area contributed by atoms with Gasteiger partial charge in [0.1, 0.15) is 5.75 Å². The number of benzene rings is 2. The number of carbonyl (C=O) groups is 2. The topological polar surface area (TPSA) is 64.6 Å². The van der Waals surface area contributed by atoms with E-state index >= 15 is 0 Å². The highest BCUT2D eigenvalue weighted by atomic mass is 35.5. The Balaban J connectivity index is 1.79. The van der Waals surface area contributed by atoms with Crippen LogP contribution >= 0.6 is 23.2 Å². The monoisotopic (exact) mass is 471 g/mol. The van der Waals surface area contributed by atoms with Crippen molar-refractivity contribution in [2.24, 2.45) is 0 Å². The van der Waals surface area contributed by atoms with Crippen LogP contribution in [0.4, 0.5) is 0 Å². The van der Waals surface area contributed by atoms with Crippen LogP contribution in [0.15, 0.2) is 65.0 Å². The summed E-state index contributed by atoms with van der Waals surface area (Å²) in [6, 6.07) is 13.0. The fourth-order valence-corrected chi connectivity index (χ4v) is 4.86. The van der Waals surface area contributed by atoms with Crippen molar-refractivity contribution in [3.63, 3.8) is 0 Å². The first kappa shape index (κ1) is 22.4. The molecule has 2 aromatic carbocycles. The summed E-state index contributed by atoms with van der Waals surface area (Å²) in [5.74, 6) is -0.264. The minimum absolute atomic E-state index is 0.00968. The van der Waals surface area contributed by atoms with Crippen LogP contribution in [0.3, 0.4) is 0 Å². The van der Waals surface area contributed by atoms with Gasteiger partial charge in [0.2, 0.25) is 0 Å². The summed E-state index contributed by atoms with van der Waals surface area (Å²) in [4.78, 5) is 26.2. The second-order valence-corrected chi connectivity index (χ2v) is 8.77. The molecule has 1 aliphatic carbocycles. The van der Waals surface area contributed by atoms with Crippen molar-refractivity contribution in [3.05, 3.63) is 86.2 Å². The molecule has 32 heavy (non-hydrogen) atoms. The first-order valence-corrected chi connectivity index (χ1v) is 11.0. The average Bonchev–Trinajstić information content (AvgIpc) is 2.79. The highest BCUT2D eigenvalue weighted by molar-refractivity contribution is 6.42. The number of Topliss-reactive ketones (excluding diaryl/α,β-unsaturated/α-hetero) is 1. The van der Waals surface area contributed by atoms with Crippen molar-refractivity contribution < 1.29 is 19.1 Å². The predicted molar refractivity (Wildman–Crippen MR) is 124 cm³/mol. The van der Waals surface area contributed by atoms with Gasteiger partial charge in [0, 0.05) is 29.3 Å². The molecule has 0 spiro atoms. The molecule has 7 heteroatoms. The number of carbonyl (C=O) groups excluding carboxylic acids is 2. The van der Waals surface area contributed by atoms with Gasteiger partial charge >= 0.3 is 5.97 Å². The second kappa shape index (κ2) is 9.00. The first-order valence-electron chi connectivity index (χ1n) is 10.2. The fraction of sp³-hybridized carbons (Fsp3) is 0.280. The lowest BCUT2D eigenvalue weighted by atomic mass is 9.72. The van der Waals surface area contributed by atoms with Crippen LogP contribution in [0.25, 0.3) is 0 Å². The van der Waals surface area contributed by atoms with Gasteiger partial charge in [0.25, 0.3) is 0 Å². The van der Waals surface area contributed by atoms with Crippen molar-refractivity contribution in [1.82, 2.24) is 5.32 Å². The zero-order valence-corrected chi connectivity index (χ0v) is 19.5. The summed E-state index contributed by atoms with van der Waals surface area (Å²) >= 11 is 12.4. The molecular formula is C25H23Cl2NO4. The van der Waals surface area contributed by atoms with Crippen molar-refractivity contribution in [2.75, 3.05) is 14.2 Å². The van der Waals surface area contributed by atoms with E-state index in [1.165, 1.54) is 7.11 Å². The van der Waals surface area contributed by atoms with E-state index in [2.05, 4.69) is 5.32 Å². The number of rotatable bonds is 4. The number of nitrogens with one attached hydrogen (secondary N) is 1. The predicted octanol–water partition coefficient (Wildman–Crippen LogP) is 5.54. The highest BCUT2D eigenvalue weighted by Gasteiger charge is 2.41. The maximum atomic E-state index is 13.5. The van der Waals surface area contributed by atoms with Crippen LogP contribution in [0.5, 0.6) is 5.75 Å². The van der Waals surface area contributed by atoms with Gasteiger partial charge in [-0.05, 0) is 54.7 Å². The third-order valence-electron chi connectivity index (χ3n) is 6.10. The van der Waals surface area contributed by atoms with Crippen molar-refractivity contribution in [1.29, 1.82) is 0 Å². The Labute approximate surface area is 197 Å². The lowest BCUT2D eigenvalue weighted by molar-refractivity contribution is -0.136. The number of halogens is 2. The van der Waals surface area contributed by atoms with E-state index in [9.17, 15) is 9.59 Å². The highest BCUT2D eigenvalue weighted by Crippen LogP contribution is 2.46. The molecule has 0 radical (unpaired) electrons. The van der Waals surface area contributed by atoms with Crippen LogP contribution in [-0.2, 0) is 14.3 Å². The van der Waals surface area contributed by atoms with E-state index in [1.807, 2.05) is 31.2 Å². The smallest absolute Gasteiger partial charge is 0.336 e. The van der Waals surface area contributed by atoms with Crippen molar-refractivity contribution >= 4 is 35.0 Å². The van der Waals surface area contributed by atoms with Gasteiger partial charge in [0.05, 0.1) is 29.8 Å². The third-order valence-corrected chi connectivity index (χ3v) is 6.84. The van der Waals surface area contributed by atoms with E-state index in [0.29, 0.717) is 39.7 Å². The molecule has 5 nitrogen and oxygen atoms in total. The summed E-state index contributed by atoms with van der Waals surface area (Å²) in [5, 5.41) is 4.09. The number of hydrogen-bond acceptors (Lipinski definition) is 5. The average molecular weight is 472 g/mol. The molecule has 166 valence electrons.